The molecule has 0 unspecified atom stereocenters. The maximum Gasteiger partial charge on any atom is 0.0907 e. The first-order valence-electron chi connectivity index (χ1n) is 4.69. The number of rotatable bonds is 0. The van der Waals surface area contributed by atoms with Gasteiger partial charge in [-0.05, 0) is 30.2 Å². The summed E-state index contributed by atoms with van der Waals surface area (Å²) >= 11 is 1.93. The van der Waals surface area contributed by atoms with E-state index in [2.05, 4.69) is 22.4 Å². The fourth-order valence-corrected chi connectivity index (χ4v) is 2.88. The zero-order valence-corrected chi connectivity index (χ0v) is 8.47. The molecule has 0 atom stereocenters. The van der Waals surface area contributed by atoms with Crippen LogP contribution in [-0.4, -0.2) is 12.0 Å². The fraction of sp³-hybridized carbons (Fsp3) is 0.182. The molecule has 0 radical (unpaired) electrons. The lowest BCUT2D eigenvalue weighted by molar-refractivity contribution is 1.14. The highest BCUT2D eigenvalue weighted by Gasteiger charge is 2.17. The lowest BCUT2D eigenvalue weighted by Crippen LogP contribution is -1.89. The van der Waals surface area contributed by atoms with Gasteiger partial charge in [0.2, 0.25) is 0 Å². The fourth-order valence-electron chi connectivity index (χ4n) is 1.82. The highest BCUT2D eigenvalue weighted by molar-refractivity contribution is 7.99. The number of nitrogens with zero attached hydrogens (tertiary/aromatic N) is 1. The summed E-state index contributed by atoms with van der Waals surface area (Å²) in [6.45, 7) is 0. The second-order valence-electron chi connectivity index (χ2n) is 3.32. The van der Waals surface area contributed by atoms with Gasteiger partial charge in [0, 0.05) is 23.1 Å². The third-order valence-corrected chi connectivity index (χ3v) is 3.58. The molecule has 0 spiro atoms. The Hall–Kier alpha value is -1.22. The molecule has 0 aromatic heterocycles. The molecule has 0 saturated carbocycles. The van der Waals surface area contributed by atoms with E-state index in [1.165, 1.54) is 16.2 Å². The molecule has 3 heteroatoms. The predicted octanol–water partition coefficient (Wildman–Crippen LogP) is 2.98. The van der Waals surface area contributed by atoms with E-state index in [1.807, 2.05) is 30.3 Å². The van der Waals surface area contributed by atoms with Gasteiger partial charge in [0.25, 0.3) is 0 Å². The van der Waals surface area contributed by atoms with Crippen molar-refractivity contribution in [2.45, 2.75) is 11.3 Å². The van der Waals surface area contributed by atoms with Gasteiger partial charge in [-0.3, -0.25) is 4.99 Å². The molecule has 70 valence electrons. The molecule has 1 aromatic carbocycles. The summed E-state index contributed by atoms with van der Waals surface area (Å²) in [6, 6.07) is 4.30. The summed E-state index contributed by atoms with van der Waals surface area (Å²) in [4.78, 5) is 5.86. The van der Waals surface area contributed by atoms with Crippen molar-refractivity contribution in [2.24, 2.45) is 4.99 Å². The number of hydrogen-bond acceptors (Lipinski definition) is 3. The van der Waals surface area contributed by atoms with Crippen molar-refractivity contribution in [3.63, 3.8) is 0 Å². The zero-order valence-electron chi connectivity index (χ0n) is 7.66. The third-order valence-electron chi connectivity index (χ3n) is 2.47. The van der Waals surface area contributed by atoms with Crippen LogP contribution in [0.15, 0.2) is 34.3 Å². The Bertz CT molecular complexity index is 435. The summed E-state index contributed by atoms with van der Waals surface area (Å²) in [5.41, 5.74) is 3.65. The van der Waals surface area contributed by atoms with Crippen molar-refractivity contribution in [3.05, 3.63) is 30.0 Å². The number of thioether (sulfide) groups is 1. The normalized spacial score (nSPS) is 17.1. The number of allylic oxidation sites excluding steroid dienone is 1. The van der Waals surface area contributed by atoms with Gasteiger partial charge < -0.3 is 5.32 Å². The van der Waals surface area contributed by atoms with E-state index in [4.69, 9.17) is 0 Å². The quantitative estimate of drug-likeness (QED) is 0.699. The highest BCUT2D eigenvalue weighted by atomic mass is 32.2. The second-order valence-corrected chi connectivity index (χ2v) is 4.46. The maximum absolute atomic E-state index is 4.47. The minimum absolute atomic E-state index is 1.12. The predicted molar refractivity (Wildman–Crippen MR) is 61.8 cm³/mol. The Morgan fingerprint density at radius 1 is 1.36 bits per heavy atom. The van der Waals surface area contributed by atoms with E-state index in [0.717, 1.165) is 17.8 Å². The largest absolute Gasteiger partial charge is 0.360 e. The SMILES string of the molecule is C1=CNc2ccc3c(c2N=C1)CCS3. The van der Waals surface area contributed by atoms with Crippen molar-refractivity contribution < 1.29 is 0 Å². The lowest BCUT2D eigenvalue weighted by atomic mass is 10.1. The molecule has 0 aliphatic carbocycles. The van der Waals surface area contributed by atoms with Crippen LogP contribution in [0.25, 0.3) is 0 Å². The molecule has 2 aliphatic heterocycles. The number of nitrogens with one attached hydrogen (secondary N) is 1. The van der Waals surface area contributed by atoms with Gasteiger partial charge in [-0.1, -0.05) is 0 Å². The van der Waals surface area contributed by atoms with E-state index < -0.39 is 0 Å². The molecule has 0 saturated heterocycles. The van der Waals surface area contributed by atoms with E-state index in [1.54, 1.807) is 0 Å². The van der Waals surface area contributed by atoms with Crippen LogP contribution in [0.1, 0.15) is 5.56 Å². The Morgan fingerprint density at radius 2 is 2.36 bits per heavy atom. The van der Waals surface area contributed by atoms with Gasteiger partial charge >= 0.3 is 0 Å². The minimum Gasteiger partial charge on any atom is -0.360 e. The Labute approximate surface area is 87.1 Å². The number of hydrogen-bond donors (Lipinski definition) is 1. The van der Waals surface area contributed by atoms with Crippen molar-refractivity contribution >= 4 is 29.4 Å². The van der Waals surface area contributed by atoms with Crippen LogP contribution < -0.4 is 5.32 Å². The molecular formula is C11H10N2S. The summed E-state index contributed by atoms with van der Waals surface area (Å²) in [6.07, 6.45) is 6.84. The van der Waals surface area contributed by atoms with Gasteiger partial charge in [-0.25, -0.2) is 0 Å². The van der Waals surface area contributed by atoms with Crippen molar-refractivity contribution in [1.82, 2.24) is 0 Å². The van der Waals surface area contributed by atoms with Gasteiger partial charge in [-0.15, -0.1) is 11.8 Å². The van der Waals surface area contributed by atoms with Crippen molar-refractivity contribution in [2.75, 3.05) is 11.1 Å². The van der Waals surface area contributed by atoms with Gasteiger partial charge in [0.15, 0.2) is 0 Å². The summed E-state index contributed by atoms with van der Waals surface area (Å²) in [5, 5.41) is 3.24. The van der Waals surface area contributed by atoms with Gasteiger partial charge in [-0.2, -0.15) is 0 Å². The van der Waals surface area contributed by atoms with Crippen LogP contribution in [0, 0.1) is 0 Å². The van der Waals surface area contributed by atoms with Gasteiger partial charge in [0.1, 0.15) is 0 Å². The monoisotopic (exact) mass is 202 g/mol. The smallest absolute Gasteiger partial charge is 0.0907 e. The van der Waals surface area contributed by atoms with Gasteiger partial charge in [0.05, 0.1) is 11.4 Å². The van der Waals surface area contributed by atoms with Crippen LogP contribution in [0.4, 0.5) is 11.4 Å². The van der Waals surface area contributed by atoms with Crippen LogP contribution in [0.3, 0.4) is 0 Å². The molecule has 1 aromatic rings. The van der Waals surface area contributed by atoms with E-state index in [9.17, 15) is 0 Å². The molecule has 2 aliphatic rings. The number of benzene rings is 1. The molecule has 14 heavy (non-hydrogen) atoms. The zero-order chi connectivity index (χ0) is 9.38. The molecule has 0 bridgehead atoms. The van der Waals surface area contributed by atoms with Crippen LogP contribution >= 0.6 is 11.8 Å². The third kappa shape index (κ3) is 1.16. The minimum atomic E-state index is 1.12. The number of fused-ring (bicyclic) bond motifs is 3. The van der Waals surface area contributed by atoms with E-state index in [0.29, 0.717) is 0 Å². The van der Waals surface area contributed by atoms with Crippen molar-refractivity contribution in [3.8, 4) is 0 Å². The highest BCUT2D eigenvalue weighted by Crippen LogP contribution is 2.41. The lowest BCUT2D eigenvalue weighted by Gasteiger charge is -2.08. The molecule has 2 heterocycles. The van der Waals surface area contributed by atoms with Crippen LogP contribution in [0.5, 0.6) is 0 Å². The van der Waals surface area contributed by atoms with E-state index >= 15 is 0 Å². The van der Waals surface area contributed by atoms with Crippen molar-refractivity contribution in [1.29, 1.82) is 0 Å². The van der Waals surface area contributed by atoms with Crippen LogP contribution in [0.2, 0.25) is 0 Å². The molecule has 0 fully saturated rings. The molecule has 2 nitrogen and oxygen atoms in total. The average Bonchev–Trinajstić information content (AvgIpc) is 2.55. The molecule has 1 N–H and O–H groups in total. The van der Waals surface area contributed by atoms with Crippen LogP contribution in [-0.2, 0) is 6.42 Å². The topological polar surface area (TPSA) is 24.4 Å². The first kappa shape index (κ1) is 8.12. The molecule has 0 amide bonds. The summed E-state index contributed by atoms with van der Waals surface area (Å²) in [5.74, 6) is 1.19. The molecular weight excluding hydrogens is 192 g/mol. The Balaban J connectivity index is 2.22. The summed E-state index contributed by atoms with van der Waals surface area (Å²) in [7, 11) is 0. The number of aliphatic imine (C=N–C) groups is 1. The second kappa shape index (κ2) is 3.17. The van der Waals surface area contributed by atoms with E-state index in [-0.39, 0.29) is 0 Å². The average molecular weight is 202 g/mol. The first-order chi connectivity index (χ1) is 6.95. The Morgan fingerprint density at radius 3 is 3.36 bits per heavy atom. The Kier molecular flexibility index (Phi) is 1.84. The standard InChI is InChI=1S/C11H10N2S/c1-5-12-9-2-3-10-8(4-7-14-10)11(9)13-6-1/h1-3,5-6,12H,4,7H2. The maximum atomic E-state index is 4.47. The summed E-state index contributed by atoms with van der Waals surface area (Å²) < 4.78 is 0. The number of anilines is 1. The molecule has 3 rings (SSSR count). The first-order valence-corrected chi connectivity index (χ1v) is 5.68.